The molecule has 3 aromatic rings. The fourth-order valence-electron chi connectivity index (χ4n) is 2.05. The van der Waals surface area contributed by atoms with Crippen LogP contribution in [0.25, 0.3) is 20.9 Å². The highest BCUT2D eigenvalue weighted by molar-refractivity contribution is 7.18. The summed E-state index contributed by atoms with van der Waals surface area (Å²) in [5.41, 5.74) is 0.128. The van der Waals surface area contributed by atoms with E-state index in [1.165, 1.54) is 0 Å². The van der Waals surface area contributed by atoms with Crippen molar-refractivity contribution in [2.45, 2.75) is 6.92 Å². The Kier molecular flexibility index (Phi) is 2.04. The Bertz CT molecular complexity index is 740. The summed E-state index contributed by atoms with van der Waals surface area (Å²) in [6.07, 6.45) is 0. The normalized spacial score (nSPS) is 11.1. The van der Waals surface area contributed by atoms with E-state index in [4.69, 9.17) is 0 Å². The monoisotopic (exact) mass is 226 g/mol. The van der Waals surface area contributed by atoms with Gasteiger partial charge in [0.2, 0.25) is 0 Å². The Labute approximate surface area is 97.0 Å². The molecule has 78 valence electrons. The van der Waals surface area contributed by atoms with Gasteiger partial charge in [-0.1, -0.05) is 30.3 Å². The van der Waals surface area contributed by atoms with Crippen LogP contribution in [-0.4, -0.2) is 0 Å². The van der Waals surface area contributed by atoms with Gasteiger partial charge in [-0.05, 0) is 29.8 Å². The van der Waals surface area contributed by atoms with Crippen molar-refractivity contribution in [3.05, 3.63) is 57.6 Å². The van der Waals surface area contributed by atoms with Gasteiger partial charge in [-0.3, -0.25) is 4.79 Å². The van der Waals surface area contributed by atoms with Crippen LogP contribution in [0.3, 0.4) is 0 Å². The lowest BCUT2D eigenvalue weighted by molar-refractivity contribution is 1.58. The molecule has 0 N–H and O–H groups in total. The van der Waals surface area contributed by atoms with Crippen LogP contribution in [0, 0.1) is 6.92 Å². The average Bonchev–Trinajstić information content (AvgIpc) is 2.28. The van der Waals surface area contributed by atoms with E-state index in [-0.39, 0.29) is 5.43 Å². The topological polar surface area (TPSA) is 17.1 Å². The highest BCUT2D eigenvalue weighted by Crippen LogP contribution is 2.26. The van der Waals surface area contributed by atoms with E-state index in [9.17, 15) is 4.79 Å². The van der Waals surface area contributed by atoms with Gasteiger partial charge in [0, 0.05) is 15.0 Å². The molecular weight excluding hydrogens is 216 g/mol. The maximum absolute atomic E-state index is 12.0. The molecule has 2 heteroatoms. The molecule has 0 saturated heterocycles. The van der Waals surface area contributed by atoms with Gasteiger partial charge in [0.1, 0.15) is 0 Å². The standard InChI is InChI=1S/C14H10OS/c1-9-8-12(15)14-11-5-3-2-4-10(11)6-7-13(14)16-9/h2-8H,1H3. The second kappa shape index (κ2) is 3.42. The van der Waals surface area contributed by atoms with E-state index >= 15 is 0 Å². The van der Waals surface area contributed by atoms with E-state index in [1.54, 1.807) is 17.4 Å². The summed E-state index contributed by atoms with van der Waals surface area (Å²) in [7, 11) is 0. The molecule has 1 heterocycles. The van der Waals surface area contributed by atoms with Crippen molar-refractivity contribution in [2.24, 2.45) is 0 Å². The minimum absolute atomic E-state index is 0.128. The summed E-state index contributed by atoms with van der Waals surface area (Å²) in [6, 6.07) is 13.9. The van der Waals surface area contributed by atoms with Gasteiger partial charge in [0.25, 0.3) is 0 Å². The second-order valence-corrected chi connectivity index (χ2v) is 5.17. The van der Waals surface area contributed by atoms with E-state index in [1.807, 2.05) is 37.3 Å². The first-order valence-corrected chi connectivity index (χ1v) is 5.99. The number of fused-ring (bicyclic) bond motifs is 3. The number of aryl methyl sites for hydroxylation is 1. The molecule has 0 spiro atoms. The Morgan fingerprint density at radius 3 is 2.75 bits per heavy atom. The zero-order valence-electron chi connectivity index (χ0n) is 8.86. The molecule has 0 bridgehead atoms. The Morgan fingerprint density at radius 2 is 1.88 bits per heavy atom. The van der Waals surface area contributed by atoms with Crippen LogP contribution >= 0.6 is 11.3 Å². The minimum atomic E-state index is 0.128. The maximum atomic E-state index is 12.0. The predicted molar refractivity (Wildman–Crippen MR) is 70.3 cm³/mol. The number of hydrogen-bond acceptors (Lipinski definition) is 2. The first kappa shape index (κ1) is 9.55. The van der Waals surface area contributed by atoms with E-state index in [0.29, 0.717) is 0 Å². The van der Waals surface area contributed by atoms with Gasteiger partial charge >= 0.3 is 0 Å². The Hall–Kier alpha value is -1.67. The van der Waals surface area contributed by atoms with E-state index < -0.39 is 0 Å². The molecule has 0 aliphatic rings. The summed E-state index contributed by atoms with van der Waals surface area (Å²) >= 11 is 1.67. The third kappa shape index (κ3) is 1.34. The first-order valence-electron chi connectivity index (χ1n) is 5.18. The molecule has 2 aromatic carbocycles. The van der Waals surface area contributed by atoms with Gasteiger partial charge < -0.3 is 0 Å². The zero-order valence-corrected chi connectivity index (χ0v) is 9.67. The van der Waals surface area contributed by atoms with Crippen molar-refractivity contribution >= 4 is 32.2 Å². The summed E-state index contributed by atoms with van der Waals surface area (Å²) in [5.74, 6) is 0. The van der Waals surface area contributed by atoms with Crippen LogP contribution in [-0.2, 0) is 0 Å². The van der Waals surface area contributed by atoms with Crippen LogP contribution in [0.4, 0.5) is 0 Å². The quantitative estimate of drug-likeness (QED) is 0.534. The molecule has 0 saturated carbocycles. The van der Waals surface area contributed by atoms with Crippen LogP contribution in [0.1, 0.15) is 4.88 Å². The number of hydrogen-bond donors (Lipinski definition) is 0. The highest BCUT2D eigenvalue weighted by atomic mass is 32.1. The zero-order chi connectivity index (χ0) is 11.1. The maximum Gasteiger partial charge on any atom is 0.188 e. The van der Waals surface area contributed by atoms with Gasteiger partial charge in [-0.25, -0.2) is 0 Å². The van der Waals surface area contributed by atoms with Crippen molar-refractivity contribution in [3.63, 3.8) is 0 Å². The van der Waals surface area contributed by atoms with Crippen LogP contribution in [0.15, 0.2) is 47.3 Å². The molecule has 0 unspecified atom stereocenters. The Balaban J connectivity index is 2.65. The molecule has 0 aliphatic heterocycles. The van der Waals surface area contributed by atoms with Crippen LogP contribution < -0.4 is 5.43 Å². The summed E-state index contributed by atoms with van der Waals surface area (Å²) < 4.78 is 1.07. The number of rotatable bonds is 0. The molecule has 0 amide bonds. The third-order valence-corrected chi connectivity index (χ3v) is 3.74. The Morgan fingerprint density at radius 1 is 1.06 bits per heavy atom. The smallest absolute Gasteiger partial charge is 0.188 e. The average molecular weight is 226 g/mol. The molecule has 1 nitrogen and oxygen atoms in total. The SMILES string of the molecule is Cc1cc(=O)c2c(ccc3ccccc32)s1. The van der Waals surface area contributed by atoms with Crippen molar-refractivity contribution in [3.8, 4) is 0 Å². The third-order valence-electron chi connectivity index (χ3n) is 2.74. The lowest BCUT2D eigenvalue weighted by atomic mass is 10.1. The lowest BCUT2D eigenvalue weighted by Gasteiger charge is -2.02. The van der Waals surface area contributed by atoms with Gasteiger partial charge in [-0.15, -0.1) is 11.3 Å². The minimum Gasteiger partial charge on any atom is -0.289 e. The van der Waals surface area contributed by atoms with Crippen molar-refractivity contribution in [1.82, 2.24) is 0 Å². The summed E-state index contributed by atoms with van der Waals surface area (Å²) in [4.78, 5) is 13.1. The molecule has 0 aliphatic carbocycles. The van der Waals surface area contributed by atoms with Gasteiger partial charge in [0.15, 0.2) is 5.43 Å². The van der Waals surface area contributed by atoms with E-state index in [0.717, 1.165) is 25.7 Å². The molecule has 0 atom stereocenters. The van der Waals surface area contributed by atoms with Crippen LogP contribution in [0.2, 0.25) is 0 Å². The lowest BCUT2D eigenvalue weighted by Crippen LogP contribution is -1.99. The van der Waals surface area contributed by atoms with Crippen molar-refractivity contribution < 1.29 is 0 Å². The van der Waals surface area contributed by atoms with Crippen molar-refractivity contribution in [1.29, 1.82) is 0 Å². The molecule has 3 rings (SSSR count). The summed E-state index contributed by atoms with van der Waals surface area (Å²) in [6.45, 7) is 1.97. The number of benzene rings is 2. The molecule has 0 radical (unpaired) electrons. The molecule has 1 aromatic heterocycles. The predicted octanol–water partition coefficient (Wildman–Crippen LogP) is 3.72. The highest BCUT2D eigenvalue weighted by Gasteiger charge is 2.04. The summed E-state index contributed by atoms with van der Waals surface area (Å²) in [5, 5.41) is 3.04. The molecule has 16 heavy (non-hydrogen) atoms. The fourth-order valence-corrected chi connectivity index (χ4v) is 3.01. The molecule has 0 fully saturated rings. The first-order chi connectivity index (χ1) is 7.75. The van der Waals surface area contributed by atoms with Gasteiger partial charge in [0.05, 0.1) is 0 Å². The largest absolute Gasteiger partial charge is 0.289 e. The van der Waals surface area contributed by atoms with E-state index in [2.05, 4.69) is 6.07 Å². The molecular formula is C14H10OS. The fraction of sp³-hybridized carbons (Fsp3) is 0.0714. The van der Waals surface area contributed by atoms with Crippen LogP contribution in [0.5, 0.6) is 0 Å². The van der Waals surface area contributed by atoms with Crippen molar-refractivity contribution in [2.75, 3.05) is 0 Å². The van der Waals surface area contributed by atoms with Gasteiger partial charge in [-0.2, -0.15) is 0 Å². The second-order valence-electron chi connectivity index (χ2n) is 3.88.